The van der Waals surface area contributed by atoms with Crippen LogP contribution in [0.4, 0.5) is 11.4 Å². The number of aliphatic imine (C=N–C) groups is 1. The first-order valence-corrected chi connectivity index (χ1v) is 20.7. The van der Waals surface area contributed by atoms with Gasteiger partial charge in [0.2, 0.25) is 6.71 Å². The Labute approximate surface area is 349 Å². The van der Waals surface area contributed by atoms with E-state index in [1.54, 1.807) is 0 Å². The van der Waals surface area contributed by atoms with Crippen LogP contribution in [0.5, 0.6) is 0 Å². The second-order valence-electron chi connectivity index (χ2n) is 16.4. The summed E-state index contributed by atoms with van der Waals surface area (Å²) in [5, 5.41) is 10.0. The molecule has 3 heteroatoms. The molecule has 0 aliphatic rings. The van der Waals surface area contributed by atoms with Crippen LogP contribution in [0.3, 0.4) is 0 Å². The largest absolute Gasteiger partial charge is 0.315 e. The molecule has 0 atom stereocenters. The van der Waals surface area contributed by atoms with Crippen LogP contribution in [0.15, 0.2) is 168 Å². The molecule has 286 valence electrons. The standard InChI is InChI=1S/C56H49BN2/c1-35-31-37(3)55(38(4)32-35)57(56-39(5)33-36(2)34-40(56)6)50-29-28-47-45-21-15-16-22-46(45)54-49(27-25-42-24-26-48(50)53(47)52(42)54)51(58-8)30-23-41(7)59(43-17-11-9-12-18-43)44-19-13-10-14-20-44/h9-34H,8H2,1-7H3/b41-23+,51-30-. The van der Waals surface area contributed by atoms with Crippen molar-refractivity contribution in [1.29, 1.82) is 0 Å². The highest BCUT2D eigenvalue weighted by Gasteiger charge is 2.31. The molecular weight excluding hydrogens is 711 g/mol. The summed E-state index contributed by atoms with van der Waals surface area (Å²) >= 11 is 0. The zero-order valence-electron chi connectivity index (χ0n) is 35.2. The molecule has 0 fully saturated rings. The normalized spacial score (nSPS) is 12.3. The molecule has 0 amide bonds. The predicted molar refractivity (Wildman–Crippen MR) is 260 cm³/mol. The molecule has 0 unspecified atom stereocenters. The quantitative estimate of drug-likeness (QED) is 0.0470. The smallest absolute Gasteiger partial charge is 0.243 e. The molecule has 0 radical (unpaired) electrons. The third-order valence-electron chi connectivity index (χ3n) is 12.4. The molecular formula is C56H49BN2. The Bertz CT molecular complexity index is 2990. The number of fused-ring (bicyclic) bond motifs is 3. The average Bonchev–Trinajstić information content (AvgIpc) is 3.23. The highest BCUT2D eigenvalue weighted by atomic mass is 15.1. The van der Waals surface area contributed by atoms with Crippen molar-refractivity contribution in [2.75, 3.05) is 4.90 Å². The van der Waals surface area contributed by atoms with Crippen molar-refractivity contribution in [3.8, 4) is 0 Å². The highest BCUT2D eigenvalue weighted by molar-refractivity contribution is 6.98. The van der Waals surface area contributed by atoms with Gasteiger partial charge in [-0.05, 0) is 129 Å². The van der Waals surface area contributed by atoms with E-state index in [0.29, 0.717) is 0 Å². The van der Waals surface area contributed by atoms with Crippen molar-refractivity contribution >= 4 is 90.0 Å². The SMILES string of the molecule is C=N/C(=C\C=C(/C)N(c1ccccc1)c1ccccc1)c1ccc2ccc3c(B(c4c(C)cc(C)cc4C)c4c(C)cc(C)cc4C)ccc4c5ccccc5c1c2c34. The van der Waals surface area contributed by atoms with E-state index in [1.807, 2.05) is 0 Å². The van der Waals surface area contributed by atoms with E-state index in [9.17, 15) is 0 Å². The lowest BCUT2D eigenvalue weighted by atomic mass is 9.33. The van der Waals surface area contributed by atoms with Gasteiger partial charge in [-0.15, -0.1) is 0 Å². The van der Waals surface area contributed by atoms with Gasteiger partial charge in [-0.3, -0.25) is 4.99 Å². The average molecular weight is 761 g/mol. The summed E-state index contributed by atoms with van der Waals surface area (Å²) < 4.78 is 0. The van der Waals surface area contributed by atoms with E-state index in [1.165, 1.54) is 92.9 Å². The van der Waals surface area contributed by atoms with Gasteiger partial charge in [0.25, 0.3) is 0 Å². The monoisotopic (exact) mass is 760 g/mol. The summed E-state index contributed by atoms with van der Waals surface area (Å²) in [4.78, 5) is 7.03. The molecule has 0 spiro atoms. The molecule has 0 aliphatic carbocycles. The first-order chi connectivity index (χ1) is 28.6. The van der Waals surface area contributed by atoms with Crippen LogP contribution in [0.25, 0.3) is 48.8 Å². The van der Waals surface area contributed by atoms with Gasteiger partial charge in [0.05, 0.1) is 5.70 Å². The van der Waals surface area contributed by atoms with Gasteiger partial charge in [-0.25, -0.2) is 0 Å². The maximum Gasteiger partial charge on any atom is 0.243 e. The summed E-state index contributed by atoms with van der Waals surface area (Å²) in [7, 11) is 0. The minimum atomic E-state index is 0.0575. The van der Waals surface area contributed by atoms with Gasteiger partial charge in [-0.1, -0.05) is 171 Å². The number of hydrogen-bond acceptors (Lipinski definition) is 2. The predicted octanol–water partition coefficient (Wildman–Crippen LogP) is 12.9. The molecule has 9 aromatic carbocycles. The fourth-order valence-corrected chi connectivity index (χ4v) is 10.2. The number of benzene rings is 9. The third-order valence-corrected chi connectivity index (χ3v) is 12.4. The van der Waals surface area contributed by atoms with Gasteiger partial charge >= 0.3 is 0 Å². The zero-order valence-corrected chi connectivity index (χ0v) is 35.2. The van der Waals surface area contributed by atoms with E-state index < -0.39 is 0 Å². The summed E-state index contributed by atoms with van der Waals surface area (Å²) in [5.41, 5.74) is 17.2. The maximum absolute atomic E-state index is 4.75. The topological polar surface area (TPSA) is 15.6 Å². The summed E-state index contributed by atoms with van der Waals surface area (Å²) in [6.45, 7) is 20.0. The molecule has 2 nitrogen and oxygen atoms in total. The number of aryl methyl sites for hydroxylation is 6. The molecule has 0 heterocycles. The third kappa shape index (κ3) is 6.52. The second kappa shape index (κ2) is 15.2. The van der Waals surface area contributed by atoms with E-state index in [-0.39, 0.29) is 6.71 Å². The minimum Gasteiger partial charge on any atom is -0.315 e. The van der Waals surface area contributed by atoms with Crippen molar-refractivity contribution in [1.82, 2.24) is 0 Å². The molecule has 0 aliphatic heterocycles. The van der Waals surface area contributed by atoms with Gasteiger partial charge in [-0.2, -0.15) is 0 Å². The number of nitrogens with zero attached hydrogens (tertiary/aromatic N) is 2. The maximum atomic E-state index is 4.75. The molecule has 0 bridgehead atoms. The highest BCUT2D eigenvalue weighted by Crippen LogP contribution is 2.43. The molecule has 9 rings (SSSR count). The van der Waals surface area contributed by atoms with Crippen LogP contribution in [-0.2, 0) is 0 Å². The first kappa shape index (κ1) is 37.8. The molecule has 0 saturated heterocycles. The Morgan fingerprint density at radius 2 is 1.00 bits per heavy atom. The van der Waals surface area contributed by atoms with E-state index in [0.717, 1.165) is 28.3 Å². The summed E-state index contributed by atoms with van der Waals surface area (Å²) in [5.74, 6) is 0. The Morgan fingerprint density at radius 1 is 0.508 bits per heavy atom. The van der Waals surface area contributed by atoms with Gasteiger partial charge in [0, 0.05) is 28.0 Å². The molecule has 0 aromatic heterocycles. The molecule has 59 heavy (non-hydrogen) atoms. The lowest BCUT2D eigenvalue weighted by Gasteiger charge is -2.27. The molecule has 9 aromatic rings. The van der Waals surface area contributed by atoms with Crippen LogP contribution < -0.4 is 21.3 Å². The Kier molecular flexibility index (Phi) is 9.77. The number of hydrogen-bond donors (Lipinski definition) is 0. The first-order valence-electron chi connectivity index (χ1n) is 20.7. The Hall–Kier alpha value is -6.71. The fourth-order valence-electron chi connectivity index (χ4n) is 10.2. The number of anilines is 2. The Balaban J connectivity index is 1.32. The number of para-hydroxylation sites is 2. The van der Waals surface area contributed by atoms with Gasteiger partial charge in [0.15, 0.2) is 0 Å². The van der Waals surface area contributed by atoms with Crippen molar-refractivity contribution in [2.45, 2.75) is 48.5 Å². The van der Waals surface area contributed by atoms with Gasteiger partial charge < -0.3 is 4.90 Å². The van der Waals surface area contributed by atoms with Crippen LogP contribution in [-0.4, -0.2) is 13.4 Å². The Morgan fingerprint density at radius 3 is 1.56 bits per heavy atom. The molecule has 0 saturated carbocycles. The lowest BCUT2D eigenvalue weighted by Crippen LogP contribution is -2.56. The fraction of sp³-hybridized carbons (Fsp3) is 0.125. The summed E-state index contributed by atoms with van der Waals surface area (Å²) in [6.07, 6.45) is 4.31. The minimum absolute atomic E-state index is 0.0575. The van der Waals surface area contributed by atoms with Crippen LogP contribution in [0.1, 0.15) is 45.9 Å². The van der Waals surface area contributed by atoms with Gasteiger partial charge in [0.1, 0.15) is 0 Å². The number of allylic oxidation sites excluding steroid dienone is 3. The van der Waals surface area contributed by atoms with Crippen LogP contribution in [0, 0.1) is 41.5 Å². The van der Waals surface area contributed by atoms with Crippen LogP contribution >= 0.6 is 0 Å². The van der Waals surface area contributed by atoms with Crippen molar-refractivity contribution in [3.63, 3.8) is 0 Å². The molecule has 0 N–H and O–H groups in total. The second-order valence-corrected chi connectivity index (χ2v) is 16.4. The van der Waals surface area contributed by atoms with Crippen molar-refractivity contribution in [3.05, 3.63) is 202 Å². The summed E-state index contributed by atoms with van der Waals surface area (Å²) in [6, 6.07) is 53.4. The van der Waals surface area contributed by atoms with E-state index in [4.69, 9.17) is 4.99 Å². The van der Waals surface area contributed by atoms with Crippen molar-refractivity contribution in [2.24, 2.45) is 4.99 Å². The number of rotatable bonds is 9. The van der Waals surface area contributed by atoms with Crippen LogP contribution in [0.2, 0.25) is 0 Å². The lowest BCUT2D eigenvalue weighted by molar-refractivity contribution is 1.16. The zero-order chi connectivity index (χ0) is 40.9. The van der Waals surface area contributed by atoms with E-state index in [2.05, 4.69) is 218 Å². The van der Waals surface area contributed by atoms with E-state index >= 15 is 0 Å². The van der Waals surface area contributed by atoms with Crippen molar-refractivity contribution < 1.29 is 0 Å².